The van der Waals surface area contributed by atoms with Gasteiger partial charge >= 0.3 is 0 Å². The van der Waals surface area contributed by atoms with Crippen LogP contribution in [0.5, 0.6) is 5.75 Å². The van der Waals surface area contributed by atoms with Crippen LogP contribution in [0.15, 0.2) is 18.2 Å². The summed E-state index contributed by atoms with van der Waals surface area (Å²) in [6.45, 7) is 0.802. The van der Waals surface area contributed by atoms with Gasteiger partial charge in [0.05, 0.1) is 11.9 Å². The molecule has 0 spiro atoms. The fourth-order valence-electron chi connectivity index (χ4n) is 2.66. The van der Waals surface area contributed by atoms with Crippen LogP contribution in [-0.4, -0.2) is 23.4 Å². The number of thioether (sulfide) groups is 1. The Morgan fingerprint density at radius 3 is 3.22 bits per heavy atom. The van der Waals surface area contributed by atoms with E-state index >= 15 is 0 Å². The van der Waals surface area contributed by atoms with Crippen molar-refractivity contribution >= 4 is 17.5 Å². The van der Waals surface area contributed by atoms with Gasteiger partial charge in [0.1, 0.15) is 11.5 Å². The molecule has 0 radical (unpaired) electrons. The molecule has 0 bridgehead atoms. The summed E-state index contributed by atoms with van der Waals surface area (Å²) in [6.07, 6.45) is 4.87. The number of carbonyl (C=O) groups excluding carboxylic acids is 1. The second-order valence-corrected chi connectivity index (χ2v) is 6.32. The van der Waals surface area contributed by atoms with Gasteiger partial charge < -0.3 is 4.74 Å². The van der Waals surface area contributed by atoms with E-state index in [0.717, 1.165) is 37.4 Å². The molecule has 1 atom stereocenters. The van der Waals surface area contributed by atoms with Crippen molar-refractivity contribution in [3.8, 4) is 5.75 Å². The number of ketones is 1. The zero-order chi connectivity index (χ0) is 12.4. The Balaban J connectivity index is 1.58. The zero-order valence-electron chi connectivity index (χ0n) is 10.5. The van der Waals surface area contributed by atoms with Crippen molar-refractivity contribution in [2.24, 2.45) is 0 Å². The summed E-state index contributed by atoms with van der Waals surface area (Å²) >= 11 is 1.84. The summed E-state index contributed by atoms with van der Waals surface area (Å²) < 4.78 is 5.49. The van der Waals surface area contributed by atoms with Crippen LogP contribution in [0.2, 0.25) is 0 Å². The molecule has 2 nitrogen and oxygen atoms in total. The minimum absolute atomic E-state index is 0.280. The molecule has 3 heteroatoms. The van der Waals surface area contributed by atoms with Gasteiger partial charge in [0.2, 0.25) is 0 Å². The van der Waals surface area contributed by atoms with Gasteiger partial charge in [0.25, 0.3) is 0 Å². The second kappa shape index (κ2) is 5.35. The van der Waals surface area contributed by atoms with E-state index in [1.807, 2.05) is 17.8 Å². The fourth-order valence-corrected chi connectivity index (χ4v) is 3.91. The maximum atomic E-state index is 12.0. The predicted octanol–water partition coefficient (Wildman–Crippen LogP) is 3.02. The van der Waals surface area contributed by atoms with Gasteiger partial charge in [-0.2, -0.15) is 11.8 Å². The highest BCUT2D eigenvalue weighted by Crippen LogP contribution is 2.29. The maximum absolute atomic E-state index is 12.0. The number of benzene rings is 1. The third-order valence-corrected chi connectivity index (χ3v) is 5.13. The van der Waals surface area contributed by atoms with Crippen LogP contribution in [-0.2, 0) is 17.6 Å². The van der Waals surface area contributed by atoms with Crippen LogP contribution >= 0.6 is 11.8 Å². The van der Waals surface area contributed by atoms with E-state index in [9.17, 15) is 4.79 Å². The first-order valence-corrected chi connectivity index (χ1v) is 7.77. The molecule has 96 valence electrons. The molecule has 1 fully saturated rings. The van der Waals surface area contributed by atoms with Gasteiger partial charge in [0, 0.05) is 12.8 Å². The second-order valence-electron chi connectivity index (χ2n) is 5.01. The molecule has 1 aromatic carbocycles. The summed E-state index contributed by atoms with van der Waals surface area (Å²) in [6, 6.07) is 6.35. The molecule has 2 aliphatic heterocycles. The van der Waals surface area contributed by atoms with E-state index in [4.69, 9.17) is 4.74 Å². The van der Waals surface area contributed by atoms with E-state index < -0.39 is 0 Å². The van der Waals surface area contributed by atoms with Crippen LogP contribution in [0, 0.1) is 0 Å². The lowest BCUT2D eigenvalue weighted by Gasteiger charge is -2.08. The standard InChI is InChI=1S/C15H18O2S/c16-13(15-2-1-9-18-15)5-3-11-4-6-14-12(10-11)7-8-17-14/h4,6,10,15H,1-3,5,7-9H2. The average Bonchev–Trinajstić information content (AvgIpc) is 3.05. The van der Waals surface area contributed by atoms with E-state index in [-0.39, 0.29) is 5.25 Å². The molecule has 0 aromatic heterocycles. The SMILES string of the molecule is O=C(CCc1ccc2c(c1)CCO2)C1CCCS1. The number of hydrogen-bond donors (Lipinski definition) is 0. The quantitative estimate of drug-likeness (QED) is 0.834. The first kappa shape index (κ1) is 12.1. The van der Waals surface area contributed by atoms with Crippen LogP contribution in [0.4, 0.5) is 0 Å². The lowest BCUT2D eigenvalue weighted by Crippen LogP contribution is -2.14. The van der Waals surface area contributed by atoms with Crippen molar-refractivity contribution in [1.29, 1.82) is 0 Å². The molecule has 0 aliphatic carbocycles. The molecule has 1 saturated heterocycles. The van der Waals surface area contributed by atoms with Gasteiger partial charge in [-0.3, -0.25) is 4.79 Å². The topological polar surface area (TPSA) is 26.3 Å². The van der Waals surface area contributed by atoms with Gasteiger partial charge in [-0.05, 0) is 42.2 Å². The van der Waals surface area contributed by atoms with Crippen LogP contribution < -0.4 is 4.74 Å². The van der Waals surface area contributed by atoms with Gasteiger partial charge in [-0.1, -0.05) is 12.1 Å². The third kappa shape index (κ3) is 2.56. The largest absolute Gasteiger partial charge is 0.493 e. The minimum Gasteiger partial charge on any atom is -0.493 e. The number of Topliss-reactive ketones (excluding diaryl/α,β-unsaturated/α-hetero) is 1. The molecule has 3 rings (SSSR count). The van der Waals surface area contributed by atoms with E-state index in [0.29, 0.717) is 12.2 Å². The molecule has 0 N–H and O–H groups in total. The van der Waals surface area contributed by atoms with Crippen molar-refractivity contribution in [2.75, 3.05) is 12.4 Å². The van der Waals surface area contributed by atoms with Crippen molar-refractivity contribution in [3.05, 3.63) is 29.3 Å². The van der Waals surface area contributed by atoms with Crippen molar-refractivity contribution in [3.63, 3.8) is 0 Å². The molecule has 2 aliphatic rings. The van der Waals surface area contributed by atoms with Crippen LogP contribution in [0.3, 0.4) is 0 Å². The normalized spacial score (nSPS) is 21.7. The highest BCUT2D eigenvalue weighted by atomic mass is 32.2. The van der Waals surface area contributed by atoms with Gasteiger partial charge in [-0.15, -0.1) is 0 Å². The van der Waals surface area contributed by atoms with E-state index in [1.54, 1.807) is 0 Å². The Bertz CT molecular complexity index is 450. The van der Waals surface area contributed by atoms with Gasteiger partial charge in [-0.25, -0.2) is 0 Å². The summed E-state index contributed by atoms with van der Waals surface area (Å²) in [5.74, 6) is 2.62. The Morgan fingerprint density at radius 2 is 2.39 bits per heavy atom. The van der Waals surface area contributed by atoms with E-state index in [2.05, 4.69) is 12.1 Å². The fraction of sp³-hybridized carbons (Fsp3) is 0.533. The van der Waals surface area contributed by atoms with Crippen molar-refractivity contribution in [1.82, 2.24) is 0 Å². The summed E-state index contributed by atoms with van der Waals surface area (Å²) in [7, 11) is 0. The lowest BCUT2D eigenvalue weighted by atomic mass is 10.0. The summed E-state index contributed by atoms with van der Waals surface area (Å²) in [5, 5.41) is 0.280. The Hall–Kier alpha value is -0.960. The molecule has 0 amide bonds. The molecule has 18 heavy (non-hydrogen) atoms. The van der Waals surface area contributed by atoms with Crippen molar-refractivity contribution in [2.45, 2.75) is 37.4 Å². The maximum Gasteiger partial charge on any atom is 0.146 e. The Labute approximate surface area is 112 Å². The smallest absolute Gasteiger partial charge is 0.146 e. The molecule has 1 unspecified atom stereocenters. The number of carbonyl (C=O) groups is 1. The first-order valence-electron chi connectivity index (χ1n) is 6.72. The molecular weight excluding hydrogens is 244 g/mol. The molecule has 1 aromatic rings. The number of aryl methyl sites for hydroxylation is 1. The van der Waals surface area contributed by atoms with Crippen LogP contribution in [0.25, 0.3) is 0 Å². The highest BCUT2D eigenvalue weighted by molar-refractivity contribution is 8.00. The average molecular weight is 262 g/mol. The zero-order valence-corrected chi connectivity index (χ0v) is 11.3. The number of ether oxygens (including phenoxy) is 1. The van der Waals surface area contributed by atoms with Gasteiger partial charge in [0.15, 0.2) is 0 Å². The first-order chi connectivity index (χ1) is 8.83. The Kier molecular flexibility index (Phi) is 3.59. The van der Waals surface area contributed by atoms with Crippen LogP contribution in [0.1, 0.15) is 30.4 Å². The molecular formula is C15H18O2S. The monoisotopic (exact) mass is 262 g/mol. The lowest BCUT2D eigenvalue weighted by molar-refractivity contribution is -0.118. The highest BCUT2D eigenvalue weighted by Gasteiger charge is 2.22. The number of rotatable bonds is 4. The van der Waals surface area contributed by atoms with Crippen molar-refractivity contribution < 1.29 is 9.53 Å². The third-order valence-electron chi connectivity index (χ3n) is 3.70. The van der Waals surface area contributed by atoms with E-state index in [1.165, 1.54) is 17.5 Å². The minimum atomic E-state index is 0.280. The molecule has 0 saturated carbocycles. The summed E-state index contributed by atoms with van der Waals surface area (Å²) in [4.78, 5) is 12.0. The Morgan fingerprint density at radius 1 is 1.44 bits per heavy atom. The summed E-state index contributed by atoms with van der Waals surface area (Å²) in [5.41, 5.74) is 2.57. The molecule has 2 heterocycles. The predicted molar refractivity (Wildman–Crippen MR) is 74.4 cm³/mol. The number of fused-ring (bicyclic) bond motifs is 1. The number of hydrogen-bond acceptors (Lipinski definition) is 3.